The summed E-state index contributed by atoms with van der Waals surface area (Å²) in [6.07, 6.45) is 1.52. The minimum Gasteiger partial charge on any atom is -0.315 e. The van der Waals surface area contributed by atoms with Crippen LogP contribution in [0.3, 0.4) is 0 Å². The first kappa shape index (κ1) is 13.4. The van der Waals surface area contributed by atoms with Gasteiger partial charge in [0.05, 0.1) is 28.6 Å². The third-order valence-corrected chi connectivity index (χ3v) is 6.59. The summed E-state index contributed by atoms with van der Waals surface area (Å²) in [6, 6.07) is 3.39. The summed E-state index contributed by atoms with van der Waals surface area (Å²) in [5, 5.41) is 0.143. The van der Waals surface area contributed by atoms with Crippen LogP contribution in [0, 0.1) is 0 Å². The number of nitrogens with zero attached hydrogens (tertiary/aromatic N) is 2. The Morgan fingerprint density at radius 2 is 2.20 bits per heavy atom. The average Bonchev–Trinajstić information content (AvgIpc) is 2.28. The van der Waals surface area contributed by atoms with Gasteiger partial charge >= 0.3 is 0 Å². The molecule has 0 aliphatic heterocycles. The van der Waals surface area contributed by atoms with Crippen molar-refractivity contribution < 1.29 is 8.42 Å². The average molecular weight is 452 g/mol. The Labute approximate surface area is 117 Å². The Bertz CT molecular complexity index is 436. The zero-order valence-corrected chi connectivity index (χ0v) is 13.2. The maximum atomic E-state index is 11.6. The van der Waals surface area contributed by atoms with E-state index in [1.807, 2.05) is 32.6 Å². The molecule has 0 atom stereocenters. The number of anilines is 1. The molecule has 0 unspecified atom stereocenters. The number of sulfone groups is 1. The third-order valence-electron chi connectivity index (χ3n) is 1.74. The first-order valence-corrected chi connectivity index (χ1v) is 8.33. The van der Waals surface area contributed by atoms with Crippen molar-refractivity contribution in [1.29, 1.82) is 0 Å². The van der Waals surface area contributed by atoms with E-state index in [9.17, 15) is 8.42 Å². The van der Waals surface area contributed by atoms with Crippen LogP contribution in [0.2, 0.25) is 0 Å². The van der Waals surface area contributed by atoms with E-state index >= 15 is 0 Å². The molecular formula is C8H10I2N2O2S. The highest BCUT2D eigenvalue weighted by molar-refractivity contribution is 14.1. The topological polar surface area (TPSA) is 50.3 Å². The van der Waals surface area contributed by atoms with Gasteiger partial charge in [0, 0.05) is 12.7 Å². The van der Waals surface area contributed by atoms with Crippen molar-refractivity contribution in [2.45, 2.75) is 11.9 Å². The first-order valence-electron chi connectivity index (χ1n) is 4.19. The van der Waals surface area contributed by atoms with Gasteiger partial charge in [-0.1, -0.05) is 22.6 Å². The fourth-order valence-corrected chi connectivity index (χ4v) is 2.85. The van der Waals surface area contributed by atoms with Crippen molar-refractivity contribution in [1.82, 2.24) is 4.98 Å². The van der Waals surface area contributed by atoms with Gasteiger partial charge in [0.1, 0.15) is 3.76 Å². The molecule has 1 aromatic heterocycles. The minimum atomic E-state index is -3.22. The number of alkyl halides is 1. The van der Waals surface area contributed by atoms with Crippen LogP contribution in [0.25, 0.3) is 0 Å². The lowest BCUT2D eigenvalue weighted by molar-refractivity contribution is 0.598. The van der Waals surface area contributed by atoms with Crippen molar-refractivity contribution in [3.63, 3.8) is 0 Å². The number of aromatic nitrogens is 1. The summed E-state index contributed by atoms with van der Waals surface area (Å²) in [5.74, 6) is 0. The van der Waals surface area contributed by atoms with Gasteiger partial charge < -0.3 is 3.11 Å². The van der Waals surface area contributed by atoms with E-state index in [0.29, 0.717) is 0 Å². The Morgan fingerprint density at radius 1 is 1.53 bits per heavy atom. The lowest BCUT2D eigenvalue weighted by Gasteiger charge is -2.14. The third kappa shape index (κ3) is 3.41. The van der Waals surface area contributed by atoms with E-state index in [2.05, 4.69) is 27.8 Å². The molecule has 4 nitrogen and oxygen atoms in total. The summed E-state index contributed by atoms with van der Waals surface area (Å²) in [7, 11) is -3.22. The van der Waals surface area contributed by atoms with Gasteiger partial charge in [-0.05, 0) is 19.1 Å². The highest BCUT2D eigenvalue weighted by atomic mass is 127. The van der Waals surface area contributed by atoms with Crippen molar-refractivity contribution in [2.24, 2.45) is 0 Å². The molecule has 0 N–H and O–H groups in total. The van der Waals surface area contributed by atoms with Crippen LogP contribution in [0.1, 0.15) is 6.92 Å². The SMILES string of the molecule is CCN(I)c1ccnc(S(=O)(=O)CI)c1. The monoisotopic (exact) mass is 452 g/mol. The van der Waals surface area contributed by atoms with Crippen LogP contribution < -0.4 is 3.11 Å². The van der Waals surface area contributed by atoms with Crippen LogP contribution in [0.5, 0.6) is 0 Å². The van der Waals surface area contributed by atoms with Gasteiger partial charge in [0.15, 0.2) is 5.03 Å². The van der Waals surface area contributed by atoms with E-state index in [0.717, 1.165) is 12.2 Å². The Kier molecular flexibility index (Phi) is 5.03. The van der Waals surface area contributed by atoms with E-state index in [4.69, 9.17) is 0 Å². The molecule has 7 heteroatoms. The lowest BCUT2D eigenvalue weighted by atomic mass is 10.4. The zero-order chi connectivity index (χ0) is 11.5. The molecule has 0 aliphatic rings. The molecule has 84 valence electrons. The van der Waals surface area contributed by atoms with Crippen molar-refractivity contribution in [3.05, 3.63) is 18.3 Å². The second-order valence-electron chi connectivity index (χ2n) is 2.75. The zero-order valence-electron chi connectivity index (χ0n) is 8.02. The van der Waals surface area contributed by atoms with Crippen LogP contribution >= 0.6 is 45.5 Å². The van der Waals surface area contributed by atoms with Crippen molar-refractivity contribution in [3.8, 4) is 0 Å². The van der Waals surface area contributed by atoms with E-state index in [1.165, 1.54) is 6.20 Å². The molecule has 1 rings (SSSR count). The molecule has 0 spiro atoms. The van der Waals surface area contributed by atoms with Gasteiger partial charge in [-0.3, -0.25) is 0 Å². The van der Waals surface area contributed by atoms with Gasteiger partial charge in [-0.25, -0.2) is 13.4 Å². The molecule has 0 bridgehead atoms. The molecule has 15 heavy (non-hydrogen) atoms. The number of pyridine rings is 1. The fraction of sp³-hybridized carbons (Fsp3) is 0.375. The standard InChI is InChI=1S/C8H10I2N2O2S/c1-2-12(10)7-3-4-11-8(5-7)15(13,14)6-9/h3-5H,2,6H2,1H3. The van der Waals surface area contributed by atoms with E-state index in [1.54, 1.807) is 12.1 Å². The summed E-state index contributed by atoms with van der Waals surface area (Å²) in [6.45, 7) is 2.81. The van der Waals surface area contributed by atoms with Crippen LogP contribution in [0.15, 0.2) is 23.4 Å². The molecule has 1 aromatic rings. The highest BCUT2D eigenvalue weighted by Gasteiger charge is 2.15. The summed E-state index contributed by atoms with van der Waals surface area (Å²) in [4.78, 5) is 3.88. The minimum absolute atomic E-state index is 0.0502. The molecule has 0 radical (unpaired) electrons. The Balaban J connectivity index is 3.14. The molecule has 1 heterocycles. The largest absolute Gasteiger partial charge is 0.315 e. The number of hydrogen-bond acceptors (Lipinski definition) is 4. The maximum absolute atomic E-state index is 11.6. The summed E-state index contributed by atoms with van der Waals surface area (Å²) >= 11 is 3.97. The second-order valence-corrected chi connectivity index (χ2v) is 7.65. The maximum Gasteiger partial charge on any atom is 0.204 e. The Morgan fingerprint density at radius 3 is 2.73 bits per heavy atom. The fourth-order valence-electron chi connectivity index (χ4n) is 0.958. The summed E-state index contributed by atoms with van der Waals surface area (Å²) in [5.41, 5.74) is 0.858. The smallest absolute Gasteiger partial charge is 0.204 e. The van der Waals surface area contributed by atoms with Gasteiger partial charge in [0.2, 0.25) is 9.84 Å². The molecular weight excluding hydrogens is 442 g/mol. The van der Waals surface area contributed by atoms with Gasteiger partial charge in [-0.15, -0.1) is 0 Å². The number of hydrogen-bond donors (Lipinski definition) is 0. The lowest BCUT2D eigenvalue weighted by Crippen LogP contribution is -2.10. The number of halogens is 2. The van der Waals surface area contributed by atoms with E-state index in [-0.39, 0.29) is 8.79 Å². The first-order chi connectivity index (χ1) is 7.01. The molecule has 0 aliphatic carbocycles. The van der Waals surface area contributed by atoms with Crippen LogP contribution in [-0.4, -0.2) is 23.7 Å². The van der Waals surface area contributed by atoms with E-state index < -0.39 is 9.84 Å². The molecule has 0 amide bonds. The van der Waals surface area contributed by atoms with Crippen LogP contribution in [-0.2, 0) is 9.84 Å². The van der Waals surface area contributed by atoms with Gasteiger partial charge in [0.25, 0.3) is 0 Å². The quantitative estimate of drug-likeness (QED) is 0.401. The van der Waals surface area contributed by atoms with Gasteiger partial charge in [-0.2, -0.15) is 0 Å². The van der Waals surface area contributed by atoms with Crippen LogP contribution in [0.4, 0.5) is 5.69 Å². The van der Waals surface area contributed by atoms with Crippen molar-refractivity contribution in [2.75, 3.05) is 13.4 Å². The molecule has 0 saturated carbocycles. The Hall–Kier alpha value is 0.360. The van der Waals surface area contributed by atoms with Crippen molar-refractivity contribution >= 4 is 61.0 Å². The predicted octanol–water partition coefficient (Wildman–Crippen LogP) is 2.42. The predicted molar refractivity (Wildman–Crippen MR) is 77.3 cm³/mol. The molecule has 0 saturated heterocycles. The summed E-state index contributed by atoms with van der Waals surface area (Å²) < 4.78 is 25.1. The molecule has 0 fully saturated rings. The number of rotatable bonds is 4. The second kappa shape index (κ2) is 5.62. The highest BCUT2D eigenvalue weighted by Crippen LogP contribution is 2.21. The normalized spacial score (nSPS) is 11.4. The molecule has 0 aromatic carbocycles.